The summed E-state index contributed by atoms with van der Waals surface area (Å²) < 4.78 is 18.4. The van der Waals surface area contributed by atoms with Crippen molar-refractivity contribution in [1.29, 1.82) is 0 Å². The topological polar surface area (TPSA) is 45.4 Å². The lowest BCUT2D eigenvalue weighted by atomic mass is 10.1. The summed E-state index contributed by atoms with van der Waals surface area (Å²) in [5.41, 5.74) is 1.16. The molecule has 0 unspecified atom stereocenters. The van der Waals surface area contributed by atoms with Crippen LogP contribution in [0.4, 0.5) is 4.39 Å². The number of benzene rings is 1. The second kappa shape index (κ2) is 6.61. The highest BCUT2D eigenvalue weighted by Gasteiger charge is 2.31. The highest BCUT2D eigenvalue weighted by molar-refractivity contribution is 5.16. The van der Waals surface area contributed by atoms with E-state index in [-0.39, 0.29) is 11.9 Å². The lowest BCUT2D eigenvalue weighted by Gasteiger charge is -2.36. The molecule has 24 heavy (non-hydrogen) atoms. The van der Waals surface area contributed by atoms with Gasteiger partial charge in [0.25, 0.3) is 0 Å². The predicted molar refractivity (Wildman–Crippen MR) is 87.9 cm³/mol. The van der Waals surface area contributed by atoms with E-state index in [2.05, 4.69) is 26.9 Å². The van der Waals surface area contributed by atoms with Crippen molar-refractivity contribution in [3.63, 3.8) is 0 Å². The van der Waals surface area contributed by atoms with Gasteiger partial charge in [-0.25, -0.2) is 4.39 Å². The first-order valence-electron chi connectivity index (χ1n) is 8.73. The number of hydrogen-bond acceptors (Lipinski definition) is 5. The zero-order valence-corrected chi connectivity index (χ0v) is 14.0. The van der Waals surface area contributed by atoms with Crippen molar-refractivity contribution < 1.29 is 8.91 Å². The Labute approximate surface area is 141 Å². The van der Waals surface area contributed by atoms with Crippen molar-refractivity contribution in [3.05, 3.63) is 47.4 Å². The third kappa shape index (κ3) is 3.49. The van der Waals surface area contributed by atoms with Crippen LogP contribution in [0.5, 0.6) is 0 Å². The van der Waals surface area contributed by atoms with Gasteiger partial charge < -0.3 is 4.52 Å². The van der Waals surface area contributed by atoms with Gasteiger partial charge in [0, 0.05) is 38.6 Å². The van der Waals surface area contributed by atoms with Crippen LogP contribution in [0.3, 0.4) is 0 Å². The molecule has 2 heterocycles. The lowest BCUT2D eigenvalue weighted by Crippen LogP contribution is -2.46. The van der Waals surface area contributed by atoms with E-state index >= 15 is 0 Å². The Morgan fingerprint density at radius 2 is 1.88 bits per heavy atom. The molecule has 0 radical (unpaired) electrons. The number of nitrogens with zero attached hydrogens (tertiary/aromatic N) is 4. The Hall–Kier alpha value is -1.79. The van der Waals surface area contributed by atoms with Gasteiger partial charge in [-0.1, -0.05) is 17.3 Å². The van der Waals surface area contributed by atoms with Crippen LogP contribution >= 0.6 is 0 Å². The molecule has 0 amide bonds. The summed E-state index contributed by atoms with van der Waals surface area (Å²) in [6.07, 6.45) is 2.38. The van der Waals surface area contributed by atoms with Crippen LogP contribution < -0.4 is 0 Å². The molecule has 1 aliphatic carbocycles. The summed E-state index contributed by atoms with van der Waals surface area (Å²) in [4.78, 5) is 9.37. The molecule has 128 valence electrons. The van der Waals surface area contributed by atoms with E-state index in [0.29, 0.717) is 5.92 Å². The second-order valence-electron chi connectivity index (χ2n) is 6.88. The normalized spacial score (nSPS) is 21.1. The van der Waals surface area contributed by atoms with Crippen molar-refractivity contribution in [2.75, 3.05) is 26.2 Å². The molecule has 1 atom stereocenters. The molecule has 1 saturated heterocycles. The third-order valence-corrected chi connectivity index (χ3v) is 5.03. The van der Waals surface area contributed by atoms with Gasteiger partial charge in [-0.05, 0) is 37.5 Å². The molecule has 2 fully saturated rings. The molecule has 1 saturated carbocycles. The maximum Gasteiger partial charge on any atom is 0.243 e. The largest absolute Gasteiger partial charge is 0.338 e. The number of halogens is 1. The average molecular weight is 330 g/mol. The monoisotopic (exact) mass is 330 g/mol. The fourth-order valence-electron chi connectivity index (χ4n) is 3.24. The minimum absolute atomic E-state index is 0.165. The first-order valence-corrected chi connectivity index (χ1v) is 8.73. The van der Waals surface area contributed by atoms with Gasteiger partial charge in [0.15, 0.2) is 5.82 Å². The quantitative estimate of drug-likeness (QED) is 0.843. The number of rotatable bonds is 5. The Bertz CT molecular complexity index is 675. The maximum absolute atomic E-state index is 13.0. The van der Waals surface area contributed by atoms with Gasteiger partial charge in [0.1, 0.15) is 5.82 Å². The fraction of sp³-hybridized carbons (Fsp3) is 0.556. The van der Waals surface area contributed by atoms with Crippen LogP contribution in [-0.2, 0) is 6.54 Å². The van der Waals surface area contributed by atoms with Gasteiger partial charge in [-0.2, -0.15) is 4.98 Å². The maximum atomic E-state index is 13.0. The molecule has 1 aromatic carbocycles. The molecule has 6 heteroatoms. The summed E-state index contributed by atoms with van der Waals surface area (Å²) in [6, 6.07) is 6.95. The molecule has 0 bridgehead atoms. The molecule has 2 aromatic rings. The lowest BCUT2D eigenvalue weighted by molar-refractivity contribution is 0.0845. The summed E-state index contributed by atoms with van der Waals surface area (Å²) >= 11 is 0. The number of piperazine rings is 1. The van der Waals surface area contributed by atoms with Gasteiger partial charge in [0.05, 0.1) is 6.04 Å². The zero-order chi connectivity index (χ0) is 16.5. The van der Waals surface area contributed by atoms with E-state index in [4.69, 9.17) is 4.52 Å². The molecule has 2 aliphatic rings. The Kier molecular flexibility index (Phi) is 4.33. The van der Waals surface area contributed by atoms with Crippen molar-refractivity contribution in [2.45, 2.75) is 38.3 Å². The minimum Gasteiger partial charge on any atom is -0.338 e. The predicted octanol–water partition coefficient (Wildman–Crippen LogP) is 2.96. The van der Waals surface area contributed by atoms with Crippen LogP contribution in [-0.4, -0.2) is 46.1 Å². The molecule has 5 nitrogen and oxygen atoms in total. The van der Waals surface area contributed by atoms with Crippen molar-refractivity contribution in [3.8, 4) is 0 Å². The van der Waals surface area contributed by atoms with Crippen LogP contribution in [0.1, 0.15) is 49.0 Å². The van der Waals surface area contributed by atoms with Crippen molar-refractivity contribution >= 4 is 0 Å². The second-order valence-corrected chi connectivity index (χ2v) is 6.88. The van der Waals surface area contributed by atoms with Crippen LogP contribution in [0.15, 0.2) is 28.8 Å². The highest BCUT2D eigenvalue weighted by Crippen LogP contribution is 2.38. The Balaban J connectivity index is 1.30. The van der Waals surface area contributed by atoms with Crippen LogP contribution in [0.25, 0.3) is 0 Å². The Morgan fingerprint density at radius 3 is 2.54 bits per heavy atom. The highest BCUT2D eigenvalue weighted by atomic mass is 19.1. The Morgan fingerprint density at radius 1 is 1.17 bits per heavy atom. The fourth-order valence-corrected chi connectivity index (χ4v) is 3.24. The molecule has 1 aromatic heterocycles. The average Bonchev–Trinajstić information content (AvgIpc) is 3.34. The van der Waals surface area contributed by atoms with Gasteiger partial charge in [-0.15, -0.1) is 0 Å². The first-order chi connectivity index (χ1) is 11.7. The molecular weight excluding hydrogens is 307 g/mol. The number of hydrogen-bond donors (Lipinski definition) is 0. The summed E-state index contributed by atoms with van der Waals surface area (Å²) in [5, 5.41) is 4.12. The van der Waals surface area contributed by atoms with Crippen LogP contribution in [0, 0.1) is 5.82 Å². The van der Waals surface area contributed by atoms with Crippen molar-refractivity contribution in [1.82, 2.24) is 19.9 Å². The van der Waals surface area contributed by atoms with Crippen LogP contribution in [0.2, 0.25) is 0 Å². The molecule has 0 N–H and O–H groups in total. The smallest absolute Gasteiger partial charge is 0.243 e. The SMILES string of the molecule is C[C@@H](c1nc(C2CC2)no1)N1CCN(Cc2ccc(F)cc2)CC1. The third-order valence-electron chi connectivity index (χ3n) is 5.03. The van der Waals surface area contributed by atoms with E-state index in [1.165, 1.54) is 25.0 Å². The summed E-state index contributed by atoms with van der Waals surface area (Å²) in [6.45, 7) is 6.94. The minimum atomic E-state index is -0.178. The standard InChI is InChI=1S/C18H23FN4O/c1-13(18-20-17(21-24-18)15-4-5-15)23-10-8-22(9-11-23)12-14-2-6-16(19)7-3-14/h2-3,6-7,13,15H,4-5,8-12H2,1H3/t13-/m0/s1. The van der Waals surface area contributed by atoms with E-state index < -0.39 is 0 Å². The van der Waals surface area contributed by atoms with Crippen molar-refractivity contribution in [2.24, 2.45) is 0 Å². The van der Waals surface area contributed by atoms with E-state index in [0.717, 1.165) is 50.0 Å². The molecule has 1 aliphatic heterocycles. The van der Waals surface area contributed by atoms with Gasteiger partial charge in [0.2, 0.25) is 5.89 Å². The first kappa shape index (κ1) is 15.7. The van der Waals surface area contributed by atoms with E-state index in [1.807, 2.05) is 12.1 Å². The molecule has 0 spiro atoms. The van der Waals surface area contributed by atoms with Gasteiger partial charge in [-0.3, -0.25) is 9.80 Å². The molecule has 4 rings (SSSR count). The van der Waals surface area contributed by atoms with E-state index in [1.54, 1.807) is 0 Å². The summed E-state index contributed by atoms with van der Waals surface area (Å²) in [5.74, 6) is 1.97. The number of aromatic nitrogens is 2. The zero-order valence-electron chi connectivity index (χ0n) is 14.0. The molecular formula is C18H23FN4O. The van der Waals surface area contributed by atoms with Gasteiger partial charge >= 0.3 is 0 Å². The summed E-state index contributed by atoms with van der Waals surface area (Å²) in [7, 11) is 0. The van der Waals surface area contributed by atoms with E-state index in [9.17, 15) is 4.39 Å².